The Balaban J connectivity index is 2.10. The van der Waals surface area contributed by atoms with Crippen LogP contribution in [0.3, 0.4) is 0 Å². The molecule has 0 aliphatic rings. The van der Waals surface area contributed by atoms with Crippen LogP contribution in [0, 0.1) is 12.9 Å². The third-order valence-corrected chi connectivity index (χ3v) is 6.36. The summed E-state index contributed by atoms with van der Waals surface area (Å²) in [7, 11) is -2.61. The summed E-state index contributed by atoms with van der Waals surface area (Å²) < 4.78 is 43.3. The minimum absolute atomic E-state index is 0.0438. The number of fused-ring (bicyclic) bond motifs is 1. The smallest absolute Gasteiger partial charge is 0.242 e. The lowest BCUT2D eigenvalue weighted by atomic mass is 10.2. The largest absolute Gasteiger partial charge is 0.269 e. The lowest BCUT2D eigenvalue weighted by molar-refractivity contribution is 0.506. The summed E-state index contributed by atoms with van der Waals surface area (Å²) in [6, 6.07) is 9.47. The van der Waals surface area contributed by atoms with Crippen LogP contribution in [0.2, 0.25) is 5.02 Å². The maximum atomic E-state index is 14.5. The highest BCUT2D eigenvalue weighted by Crippen LogP contribution is 2.35. The van der Waals surface area contributed by atoms with E-state index in [1.807, 2.05) is 6.92 Å². The van der Waals surface area contributed by atoms with E-state index in [9.17, 15) is 12.8 Å². The summed E-state index contributed by atoms with van der Waals surface area (Å²) in [6.07, 6.45) is 2.69. The van der Waals surface area contributed by atoms with Crippen molar-refractivity contribution in [1.82, 2.24) is 18.7 Å². The number of hydrogen-bond acceptors (Lipinski definition) is 4. The van der Waals surface area contributed by atoms with Gasteiger partial charge in [0.2, 0.25) is 5.95 Å². The second kappa shape index (κ2) is 6.17. The van der Waals surface area contributed by atoms with Crippen LogP contribution in [0.15, 0.2) is 53.7 Å². The van der Waals surface area contributed by atoms with Gasteiger partial charge >= 0.3 is 0 Å². The third kappa shape index (κ3) is 2.72. The number of aromatic nitrogens is 4. The monoisotopic (exact) mass is 404 g/mol. The molecule has 3 heterocycles. The number of rotatable bonds is 3. The Kier molecular flexibility index (Phi) is 4.05. The van der Waals surface area contributed by atoms with Crippen LogP contribution in [0.4, 0.5) is 4.39 Å². The zero-order valence-corrected chi connectivity index (χ0v) is 16.0. The molecule has 6 nitrogen and oxygen atoms in total. The first-order valence-corrected chi connectivity index (χ1v) is 9.78. The minimum atomic E-state index is -4.05. The Morgan fingerprint density at radius 1 is 1.15 bits per heavy atom. The van der Waals surface area contributed by atoms with Crippen LogP contribution in [-0.4, -0.2) is 27.2 Å². The van der Waals surface area contributed by atoms with Crippen LogP contribution < -0.4 is 0 Å². The van der Waals surface area contributed by atoms with Crippen LogP contribution in [0.5, 0.6) is 0 Å². The van der Waals surface area contributed by atoms with Gasteiger partial charge in [0.15, 0.2) is 5.65 Å². The van der Waals surface area contributed by atoms with E-state index in [0.29, 0.717) is 10.4 Å². The summed E-state index contributed by atoms with van der Waals surface area (Å²) in [5, 5.41) is 4.61. The first-order valence-electron chi connectivity index (χ1n) is 7.97. The molecule has 0 fully saturated rings. The fourth-order valence-corrected chi connectivity index (χ4v) is 4.55. The number of hydrogen-bond donors (Lipinski definition) is 0. The van der Waals surface area contributed by atoms with Crippen molar-refractivity contribution in [3.05, 3.63) is 65.3 Å². The molecule has 0 amide bonds. The van der Waals surface area contributed by atoms with Gasteiger partial charge in [-0.3, -0.25) is 0 Å². The Morgan fingerprint density at radius 3 is 2.48 bits per heavy atom. The lowest BCUT2D eigenvalue weighted by Crippen LogP contribution is -2.15. The summed E-state index contributed by atoms with van der Waals surface area (Å²) in [5.74, 6) is -0.658. The van der Waals surface area contributed by atoms with Crippen molar-refractivity contribution in [3.8, 4) is 11.3 Å². The zero-order valence-electron chi connectivity index (χ0n) is 14.4. The second-order valence-electron chi connectivity index (χ2n) is 6.11. The molecule has 27 heavy (non-hydrogen) atoms. The summed E-state index contributed by atoms with van der Waals surface area (Å²) in [5.41, 5.74) is 1.20. The normalized spacial score (nSPS) is 12.0. The molecule has 0 saturated heterocycles. The highest BCUT2D eigenvalue weighted by atomic mass is 35.5. The van der Waals surface area contributed by atoms with Crippen LogP contribution in [0.1, 0.15) is 5.56 Å². The summed E-state index contributed by atoms with van der Waals surface area (Å²) in [4.78, 5) is 4.25. The predicted octanol–water partition coefficient (Wildman–Crippen LogP) is 3.77. The van der Waals surface area contributed by atoms with Gasteiger partial charge in [-0.2, -0.15) is 9.49 Å². The van der Waals surface area contributed by atoms with Gasteiger partial charge < -0.3 is 0 Å². The molecule has 1 aromatic carbocycles. The zero-order chi connectivity index (χ0) is 19.3. The number of aryl methyl sites for hydroxylation is 2. The molecule has 0 bridgehead atoms. The first-order chi connectivity index (χ1) is 12.8. The van der Waals surface area contributed by atoms with E-state index in [-0.39, 0.29) is 21.8 Å². The van der Waals surface area contributed by atoms with Crippen molar-refractivity contribution < 1.29 is 12.8 Å². The fraction of sp³-hybridized carbons (Fsp3) is 0.111. The number of pyridine rings is 1. The Hall–Kier alpha value is -2.71. The van der Waals surface area contributed by atoms with E-state index in [1.54, 1.807) is 18.2 Å². The van der Waals surface area contributed by atoms with Crippen molar-refractivity contribution in [2.75, 3.05) is 0 Å². The molecule has 0 spiro atoms. The van der Waals surface area contributed by atoms with E-state index >= 15 is 0 Å². The molecular weight excluding hydrogens is 391 g/mol. The SMILES string of the molecule is Cc1ccc(S(=O)(=O)n2c(-c3cnn(C)c3F)cc3c(Cl)ccnc32)cc1. The molecule has 0 radical (unpaired) electrons. The van der Waals surface area contributed by atoms with Gasteiger partial charge in [0.05, 0.1) is 27.4 Å². The van der Waals surface area contributed by atoms with Gasteiger partial charge in [-0.05, 0) is 31.2 Å². The van der Waals surface area contributed by atoms with Gasteiger partial charge in [-0.15, -0.1) is 0 Å². The van der Waals surface area contributed by atoms with Gasteiger partial charge in [0.1, 0.15) is 0 Å². The molecule has 4 rings (SSSR count). The molecule has 0 aliphatic heterocycles. The third-order valence-electron chi connectivity index (χ3n) is 4.31. The van der Waals surface area contributed by atoms with Crippen molar-refractivity contribution in [2.24, 2.45) is 7.05 Å². The van der Waals surface area contributed by atoms with E-state index < -0.39 is 16.0 Å². The Morgan fingerprint density at radius 2 is 1.85 bits per heavy atom. The average molecular weight is 405 g/mol. The maximum absolute atomic E-state index is 14.5. The van der Waals surface area contributed by atoms with Crippen molar-refractivity contribution >= 4 is 32.7 Å². The van der Waals surface area contributed by atoms with E-state index in [1.165, 1.54) is 37.6 Å². The first kappa shape index (κ1) is 17.7. The van der Waals surface area contributed by atoms with E-state index in [4.69, 9.17) is 11.6 Å². The molecule has 3 aromatic heterocycles. The molecular formula is C18H14ClFN4O2S. The van der Waals surface area contributed by atoms with Crippen LogP contribution >= 0.6 is 11.6 Å². The fourth-order valence-electron chi connectivity index (χ4n) is 2.88. The van der Waals surface area contributed by atoms with Crippen molar-refractivity contribution in [3.63, 3.8) is 0 Å². The van der Waals surface area contributed by atoms with Gasteiger partial charge in [0.25, 0.3) is 10.0 Å². The van der Waals surface area contributed by atoms with Crippen molar-refractivity contribution in [2.45, 2.75) is 11.8 Å². The molecule has 0 atom stereocenters. The molecule has 0 unspecified atom stereocenters. The average Bonchev–Trinajstić information content (AvgIpc) is 3.17. The molecule has 0 aliphatic carbocycles. The summed E-state index contributed by atoms with van der Waals surface area (Å²) >= 11 is 6.23. The maximum Gasteiger partial charge on any atom is 0.269 e. The second-order valence-corrected chi connectivity index (χ2v) is 8.31. The number of nitrogens with zero attached hydrogens (tertiary/aromatic N) is 4. The molecule has 9 heteroatoms. The molecule has 4 aromatic rings. The topological polar surface area (TPSA) is 69.8 Å². The van der Waals surface area contributed by atoms with E-state index in [0.717, 1.165) is 14.2 Å². The lowest BCUT2D eigenvalue weighted by Gasteiger charge is -2.11. The van der Waals surface area contributed by atoms with Crippen LogP contribution in [0.25, 0.3) is 22.3 Å². The Labute approximate surface area is 159 Å². The highest BCUT2D eigenvalue weighted by molar-refractivity contribution is 7.90. The standard InChI is InChI=1S/C18H14ClFN4O2S/c1-11-3-5-12(6-4-11)27(25,26)24-16(14-10-22-23(2)17(14)20)9-13-15(19)7-8-21-18(13)24/h3-10H,1-2H3. The molecule has 138 valence electrons. The van der Waals surface area contributed by atoms with E-state index in [2.05, 4.69) is 10.1 Å². The van der Waals surface area contributed by atoms with Crippen molar-refractivity contribution in [1.29, 1.82) is 0 Å². The van der Waals surface area contributed by atoms with Gasteiger partial charge in [-0.1, -0.05) is 29.3 Å². The van der Waals surface area contributed by atoms with Crippen LogP contribution in [-0.2, 0) is 17.1 Å². The highest BCUT2D eigenvalue weighted by Gasteiger charge is 2.27. The minimum Gasteiger partial charge on any atom is -0.242 e. The molecule has 0 saturated carbocycles. The molecule has 0 N–H and O–H groups in total. The summed E-state index contributed by atoms with van der Waals surface area (Å²) in [6.45, 7) is 1.86. The quantitative estimate of drug-likeness (QED) is 0.521. The van der Waals surface area contributed by atoms with Gasteiger partial charge in [0, 0.05) is 18.6 Å². The number of benzene rings is 1. The van der Waals surface area contributed by atoms with Gasteiger partial charge in [-0.25, -0.2) is 22.1 Å². The predicted molar refractivity (Wildman–Crippen MR) is 101 cm³/mol. The Bertz CT molecular complexity index is 1280. The number of halogens is 2.